The molecule has 1 amide bonds. The first-order chi connectivity index (χ1) is 20.2. The third kappa shape index (κ3) is 5.38. The van der Waals surface area contributed by atoms with Crippen molar-refractivity contribution in [2.24, 2.45) is 0 Å². The molecule has 10 nitrogen and oxygen atoms in total. The molecule has 0 radical (unpaired) electrons. The quantitative estimate of drug-likeness (QED) is 0.306. The molecule has 3 aromatic carbocycles. The standard InChI is InChI=1S/C32H35N7O3/c1-32(2,3)21-7-12-24-20(17-21)18-39(29(24)41)27-6-4-5-25(26(27)19-40)28-35-30(33)37-31(36-28)34-22-8-10-23(11-9-22)38-13-15-42-16-14-38/h4-12,17,40H,13-16,18-19H2,1-3H3,(H3,33,34,35,36,37). The highest BCUT2D eigenvalue weighted by Gasteiger charge is 2.32. The molecule has 0 unspecified atom stereocenters. The van der Waals surface area contributed by atoms with Crippen molar-refractivity contribution < 1.29 is 14.6 Å². The Bertz CT molecular complexity index is 1630. The second-order valence-corrected chi connectivity index (χ2v) is 11.6. The highest BCUT2D eigenvalue weighted by atomic mass is 16.5. The average molecular weight is 566 g/mol. The van der Waals surface area contributed by atoms with Gasteiger partial charge in [0.25, 0.3) is 5.91 Å². The lowest BCUT2D eigenvalue weighted by Gasteiger charge is -2.28. The Morgan fingerprint density at radius 1 is 0.976 bits per heavy atom. The second kappa shape index (κ2) is 11.0. The maximum Gasteiger partial charge on any atom is 0.258 e. The number of benzene rings is 3. The first kappa shape index (κ1) is 27.6. The van der Waals surface area contributed by atoms with E-state index in [1.54, 1.807) is 4.90 Å². The molecule has 1 saturated heterocycles. The molecular formula is C32H35N7O3. The lowest BCUT2D eigenvalue weighted by atomic mass is 9.85. The molecule has 0 saturated carbocycles. The fraction of sp³-hybridized carbons (Fsp3) is 0.312. The molecule has 4 N–H and O–H groups in total. The zero-order valence-corrected chi connectivity index (χ0v) is 24.1. The summed E-state index contributed by atoms with van der Waals surface area (Å²) in [7, 11) is 0. The van der Waals surface area contributed by atoms with Gasteiger partial charge in [-0.05, 0) is 52.9 Å². The number of aliphatic hydroxyl groups excluding tert-OH is 1. The van der Waals surface area contributed by atoms with E-state index >= 15 is 0 Å². The number of hydrogen-bond acceptors (Lipinski definition) is 9. The molecule has 216 valence electrons. The van der Waals surface area contributed by atoms with Crippen LogP contribution in [-0.2, 0) is 23.3 Å². The van der Waals surface area contributed by atoms with Crippen molar-refractivity contribution in [3.05, 3.63) is 82.9 Å². The minimum Gasteiger partial charge on any atom is -0.392 e. The average Bonchev–Trinajstić information content (AvgIpc) is 3.32. The van der Waals surface area contributed by atoms with Crippen molar-refractivity contribution in [2.45, 2.75) is 39.3 Å². The van der Waals surface area contributed by atoms with Crippen LogP contribution in [0.1, 0.15) is 47.8 Å². The molecule has 10 heteroatoms. The van der Waals surface area contributed by atoms with Crippen molar-refractivity contribution in [3.8, 4) is 11.4 Å². The van der Waals surface area contributed by atoms with Gasteiger partial charge in [0.15, 0.2) is 5.82 Å². The van der Waals surface area contributed by atoms with Gasteiger partial charge in [0.1, 0.15) is 0 Å². The van der Waals surface area contributed by atoms with E-state index in [4.69, 9.17) is 10.5 Å². The number of rotatable bonds is 6. The number of nitrogens with zero attached hydrogens (tertiary/aromatic N) is 5. The minimum atomic E-state index is -0.309. The Morgan fingerprint density at radius 3 is 2.45 bits per heavy atom. The van der Waals surface area contributed by atoms with Gasteiger partial charge in [0.05, 0.1) is 32.1 Å². The number of amides is 1. The Kier molecular flexibility index (Phi) is 7.26. The van der Waals surface area contributed by atoms with Crippen LogP contribution in [0.3, 0.4) is 0 Å². The number of aliphatic hydroxyl groups is 1. The van der Waals surface area contributed by atoms with Crippen LogP contribution in [0.25, 0.3) is 11.4 Å². The SMILES string of the molecule is CC(C)(C)c1ccc2c(c1)CN(c1cccc(-c3nc(N)nc(Nc4ccc(N5CCOCC5)cc4)n3)c1CO)C2=O. The topological polar surface area (TPSA) is 130 Å². The first-order valence-electron chi connectivity index (χ1n) is 14.1. The highest BCUT2D eigenvalue weighted by Crippen LogP contribution is 2.37. The fourth-order valence-corrected chi connectivity index (χ4v) is 5.46. The molecule has 0 bridgehead atoms. The summed E-state index contributed by atoms with van der Waals surface area (Å²) in [4.78, 5) is 30.7. The zero-order chi connectivity index (χ0) is 29.4. The molecule has 2 aliphatic rings. The van der Waals surface area contributed by atoms with Gasteiger partial charge in [-0.25, -0.2) is 0 Å². The van der Waals surface area contributed by atoms with E-state index in [1.807, 2.05) is 54.6 Å². The lowest BCUT2D eigenvalue weighted by Crippen LogP contribution is -2.36. The molecule has 0 aliphatic carbocycles. The molecule has 1 fully saturated rings. The minimum absolute atomic E-state index is 0.0309. The number of carbonyl (C=O) groups is 1. The van der Waals surface area contributed by atoms with Gasteiger partial charge in [-0.1, -0.05) is 45.0 Å². The monoisotopic (exact) mass is 565 g/mol. The van der Waals surface area contributed by atoms with Crippen LogP contribution in [0.2, 0.25) is 0 Å². The Balaban J connectivity index is 1.28. The Labute approximate surface area is 245 Å². The summed E-state index contributed by atoms with van der Waals surface area (Å²) in [6.07, 6.45) is 0. The molecule has 6 rings (SSSR count). The third-order valence-electron chi connectivity index (χ3n) is 7.77. The van der Waals surface area contributed by atoms with Gasteiger partial charge in [-0.15, -0.1) is 0 Å². The number of morpholine rings is 1. The molecule has 0 atom stereocenters. The maximum absolute atomic E-state index is 13.5. The van der Waals surface area contributed by atoms with Crippen molar-refractivity contribution in [2.75, 3.05) is 47.2 Å². The Hall–Kier alpha value is -4.54. The van der Waals surface area contributed by atoms with Gasteiger partial charge in [-0.2, -0.15) is 15.0 Å². The number of ether oxygens (including phenoxy) is 1. The second-order valence-electron chi connectivity index (χ2n) is 11.6. The smallest absolute Gasteiger partial charge is 0.258 e. The molecule has 3 heterocycles. The number of fused-ring (bicyclic) bond motifs is 1. The summed E-state index contributed by atoms with van der Waals surface area (Å²) in [5, 5.41) is 13.7. The van der Waals surface area contributed by atoms with Crippen molar-refractivity contribution in [1.82, 2.24) is 15.0 Å². The summed E-state index contributed by atoms with van der Waals surface area (Å²) in [6.45, 7) is 9.74. The van der Waals surface area contributed by atoms with Crippen LogP contribution in [-0.4, -0.2) is 52.3 Å². The van der Waals surface area contributed by atoms with E-state index < -0.39 is 0 Å². The number of nitrogens with two attached hydrogens (primary N) is 1. The van der Waals surface area contributed by atoms with E-state index in [2.05, 4.69) is 52.0 Å². The largest absolute Gasteiger partial charge is 0.392 e. The van der Waals surface area contributed by atoms with Gasteiger partial charge in [0, 0.05) is 41.2 Å². The van der Waals surface area contributed by atoms with Crippen LogP contribution >= 0.6 is 0 Å². The predicted molar refractivity (Wildman–Crippen MR) is 164 cm³/mol. The molecule has 4 aromatic rings. The van der Waals surface area contributed by atoms with E-state index in [0.717, 1.165) is 43.2 Å². The summed E-state index contributed by atoms with van der Waals surface area (Å²) in [5.41, 5.74) is 12.5. The van der Waals surface area contributed by atoms with E-state index in [0.29, 0.717) is 34.7 Å². The fourth-order valence-electron chi connectivity index (χ4n) is 5.46. The lowest BCUT2D eigenvalue weighted by molar-refractivity contribution is 0.0996. The molecule has 1 aromatic heterocycles. The molecular weight excluding hydrogens is 530 g/mol. The number of anilines is 5. The summed E-state index contributed by atoms with van der Waals surface area (Å²) in [6, 6.07) is 19.5. The zero-order valence-electron chi connectivity index (χ0n) is 24.1. The van der Waals surface area contributed by atoms with Gasteiger partial charge >= 0.3 is 0 Å². The predicted octanol–water partition coefficient (Wildman–Crippen LogP) is 4.65. The van der Waals surface area contributed by atoms with Crippen LogP contribution in [0.4, 0.5) is 29.0 Å². The summed E-state index contributed by atoms with van der Waals surface area (Å²) < 4.78 is 5.45. The summed E-state index contributed by atoms with van der Waals surface area (Å²) >= 11 is 0. The van der Waals surface area contributed by atoms with Gasteiger partial charge < -0.3 is 30.7 Å². The molecule has 2 aliphatic heterocycles. The van der Waals surface area contributed by atoms with Crippen LogP contribution in [0, 0.1) is 0 Å². The normalized spacial score (nSPS) is 15.2. The van der Waals surface area contributed by atoms with E-state index in [-0.39, 0.29) is 29.8 Å². The number of hydrogen-bond donors (Lipinski definition) is 3. The summed E-state index contributed by atoms with van der Waals surface area (Å²) in [5.74, 6) is 0.529. The Morgan fingerprint density at radius 2 is 1.74 bits per heavy atom. The number of nitrogen functional groups attached to an aromatic ring is 1. The first-order valence-corrected chi connectivity index (χ1v) is 14.1. The van der Waals surface area contributed by atoms with Crippen molar-refractivity contribution >= 4 is 34.9 Å². The van der Waals surface area contributed by atoms with Gasteiger partial charge in [-0.3, -0.25) is 4.79 Å². The maximum atomic E-state index is 13.5. The van der Waals surface area contributed by atoms with E-state index in [9.17, 15) is 9.90 Å². The molecule has 0 spiro atoms. The third-order valence-corrected chi connectivity index (χ3v) is 7.77. The van der Waals surface area contributed by atoms with Crippen molar-refractivity contribution in [1.29, 1.82) is 0 Å². The van der Waals surface area contributed by atoms with Gasteiger partial charge in [0.2, 0.25) is 11.9 Å². The van der Waals surface area contributed by atoms with Crippen LogP contribution in [0.15, 0.2) is 60.7 Å². The number of aromatic nitrogens is 3. The van der Waals surface area contributed by atoms with E-state index in [1.165, 1.54) is 5.56 Å². The van der Waals surface area contributed by atoms with Crippen LogP contribution in [0.5, 0.6) is 0 Å². The van der Waals surface area contributed by atoms with Crippen molar-refractivity contribution in [3.63, 3.8) is 0 Å². The highest BCUT2D eigenvalue weighted by molar-refractivity contribution is 6.10. The number of carbonyl (C=O) groups excluding carboxylic acids is 1. The molecule has 42 heavy (non-hydrogen) atoms. The van der Waals surface area contributed by atoms with Crippen LogP contribution < -0.4 is 20.9 Å². The number of nitrogens with one attached hydrogen (secondary N) is 1.